The monoisotopic (exact) mass is 452 g/mol. The molecule has 0 unspecified atom stereocenters. The molecule has 2 heterocycles. The molecule has 12 heteroatoms. The van der Waals surface area contributed by atoms with Crippen LogP contribution in [0.2, 0.25) is 0 Å². The highest BCUT2D eigenvalue weighted by molar-refractivity contribution is 7.67. The fourth-order valence-corrected chi connectivity index (χ4v) is 5.15. The molecular weight excluding hydrogens is 429 g/mol. The van der Waals surface area contributed by atoms with Crippen LogP contribution in [0.3, 0.4) is 0 Å². The number of hydrazine groups is 1. The number of carbonyl (C=O) groups is 3. The van der Waals surface area contributed by atoms with E-state index in [9.17, 15) is 39.4 Å². The molecule has 0 aliphatic carbocycles. The third-order valence-corrected chi connectivity index (χ3v) is 6.91. The molecular formula is C19H23N3O8P+. The molecule has 2 aliphatic rings. The number of nitrogens with zero attached hydrogens (tertiary/aromatic N) is 3. The first-order valence-corrected chi connectivity index (χ1v) is 11.7. The number of carboxylic acids is 1. The molecule has 1 atom stereocenters. The quantitative estimate of drug-likeness (QED) is 0.253. The second-order valence-electron chi connectivity index (χ2n) is 7.50. The zero-order valence-corrected chi connectivity index (χ0v) is 17.5. The van der Waals surface area contributed by atoms with Gasteiger partial charge in [0, 0.05) is 31.5 Å². The second kappa shape index (κ2) is 9.09. The maximum atomic E-state index is 13.0. The van der Waals surface area contributed by atoms with Crippen LogP contribution in [0.15, 0.2) is 35.7 Å². The van der Waals surface area contributed by atoms with Gasteiger partial charge in [-0.3, -0.25) is 24.7 Å². The number of rotatable bonds is 6. The third kappa shape index (κ3) is 5.25. The molecule has 2 saturated heterocycles. The highest BCUT2D eigenvalue weighted by atomic mass is 31.2. The zero-order valence-electron chi connectivity index (χ0n) is 16.6. The average molecular weight is 452 g/mol. The van der Waals surface area contributed by atoms with E-state index >= 15 is 0 Å². The second-order valence-corrected chi connectivity index (χ2v) is 9.78. The van der Waals surface area contributed by atoms with Gasteiger partial charge in [-0.1, -0.05) is 12.1 Å². The van der Waals surface area contributed by atoms with E-state index in [2.05, 4.69) is 0 Å². The molecule has 0 aromatic heterocycles. The van der Waals surface area contributed by atoms with Gasteiger partial charge in [0.2, 0.25) is 5.91 Å². The number of nitro groups is 1. The normalized spacial score (nSPS) is 21.1. The molecule has 31 heavy (non-hydrogen) atoms. The first-order valence-electron chi connectivity index (χ1n) is 9.74. The molecule has 0 bridgehead atoms. The number of aryl methyl sites for hydroxylation is 1. The Morgan fingerprint density at radius 2 is 1.90 bits per heavy atom. The van der Waals surface area contributed by atoms with Crippen LogP contribution in [0.4, 0.5) is 5.69 Å². The fraction of sp³-hybridized carbons (Fsp3) is 0.421. The van der Waals surface area contributed by atoms with E-state index in [1.807, 2.05) is 0 Å². The summed E-state index contributed by atoms with van der Waals surface area (Å²) in [6, 6.07) is 4.49. The number of fused-ring (bicyclic) bond motifs is 1. The maximum absolute atomic E-state index is 13.0. The summed E-state index contributed by atoms with van der Waals surface area (Å²) in [4.78, 5) is 68.3. The van der Waals surface area contributed by atoms with E-state index in [-0.39, 0.29) is 55.6 Å². The van der Waals surface area contributed by atoms with Crippen LogP contribution < -0.4 is 0 Å². The Balaban J connectivity index is 1.78. The van der Waals surface area contributed by atoms with Gasteiger partial charge in [-0.15, -0.1) is 0 Å². The van der Waals surface area contributed by atoms with Gasteiger partial charge in [-0.05, 0) is 24.8 Å². The van der Waals surface area contributed by atoms with Crippen molar-refractivity contribution in [3.63, 3.8) is 0 Å². The molecule has 0 saturated carbocycles. The van der Waals surface area contributed by atoms with Crippen LogP contribution in [0.1, 0.15) is 31.2 Å². The van der Waals surface area contributed by atoms with Gasteiger partial charge >= 0.3 is 5.97 Å². The van der Waals surface area contributed by atoms with Crippen molar-refractivity contribution in [2.24, 2.45) is 0 Å². The van der Waals surface area contributed by atoms with Crippen molar-refractivity contribution in [2.75, 3.05) is 12.7 Å². The van der Waals surface area contributed by atoms with Gasteiger partial charge in [0.25, 0.3) is 19.3 Å². The van der Waals surface area contributed by atoms with Gasteiger partial charge < -0.3 is 5.11 Å². The van der Waals surface area contributed by atoms with Gasteiger partial charge in [-0.2, -0.15) is 0 Å². The van der Waals surface area contributed by atoms with Gasteiger partial charge in [0.05, 0.1) is 10.5 Å². The van der Waals surface area contributed by atoms with Crippen LogP contribution in [0, 0.1) is 10.1 Å². The molecule has 2 fully saturated rings. The highest BCUT2D eigenvalue weighted by Crippen LogP contribution is 2.53. The van der Waals surface area contributed by atoms with E-state index < -0.39 is 30.6 Å². The molecule has 3 N–H and O–H groups in total. The van der Waals surface area contributed by atoms with E-state index in [4.69, 9.17) is 0 Å². The summed E-state index contributed by atoms with van der Waals surface area (Å²) in [5.41, 5.74) is 0.589. The van der Waals surface area contributed by atoms with E-state index in [1.54, 1.807) is 0 Å². The average Bonchev–Trinajstić information content (AvgIpc) is 2.84. The van der Waals surface area contributed by atoms with Crippen molar-refractivity contribution in [1.82, 2.24) is 10.0 Å². The maximum Gasteiger partial charge on any atom is 0.328 e. The first-order chi connectivity index (χ1) is 14.6. The lowest BCUT2D eigenvalue weighted by Gasteiger charge is -2.41. The lowest BCUT2D eigenvalue weighted by atomic mass is 10.1. The van der Waals surface area contributed by atoms with Gasteiger partial charge in [-0.25, -0.2) is 19.6 Å². The minimum absolute atomic E-state index is 0.00559. The summed E-state index contributed by atoms with van der Waals surface area (Å²) < 4.78 is 0. The number of benzene rings is 1. The van der Waals surface area contributed by atoms with Crippen molar-refractivity contribution < 1.29 is 34.2 Å². The van der Waals surface area contributed by atoms with Crippen LogP contribution in [-0.4, -0.2) is 66.4 Å². The minimum Gasteiger partial charge on any atom is -0.480 e. The number of nitro benzene ring substituents is 1. The van der Waals surface area contributed by atoms with E-state index in [1.165, 1.54) is 24.3 Å². The summed E-state index contributed by atoms with van der Waals surface area (Å²) in [6.45, 7) is 0.236. The topological polar surface area (TPSA) is 162 Å². The van der Waals surface area contributed by atoms with Crippen molar-refractivity contribution in [1.29, 1.82) is 0 Å². The molecule has 0 spiro atoms. The lowest BCUT2D eigenvalue weighted by molar-refractivity contribution is -0.384. The third-order valence-electron chi connectivity index (χ3n) is 5.31. The Morgan fingerprint density at radius 1 is 1.23 bits per heavy atom. The minimum atomic E-state index is -3.70. The fourth-order valence-electron chi connectivity index (χ4n) is 3.69. The molecule has 1 aromatic carbocycles. The number of non-ortho nitro benzene ring substituents is 1. The number of carboxylic acid groups (broad SMARTS) is 1. The summed E-state index contributed by atoms with van der Waals surface area (Å²) in [5.74, 6) is -1.24. The van der Waals surface area contributed by atoms with Crippen LogP contribution in [0.25, 0.3) is 0 Å². The summed E-state index contributed by atoms with van der Waals surface area (Å²) in [6.07, 6.45) is 0.722. The highest BCUT2D eigenvalue weighted by Gasteiger charge is 2.44. The Hall–Kier alpha value is -2.88. The van der Waals surface area contributed by atoms with Crippen molar-refractivity contribution in [3.8, 4) is 0 Å². The van der Waals surface area contributed by atoms with Gasteiger partial charge in [0.15, 0.2) is 6.04 Å². The predicted octanol–water partition coefficient (Wildman–Crippen LogP) is 1.47. The number of hydrogen-bond donors (Lipinski definition) is 3. The predicted molar refractivity (Wildman–Crippen MR) is 110 cm³/mol. The van der Waals surface area contributed by atoms with Crippen molar-refractivity contribution in [3.05, 3.63) is 51.3 Å². The molecule has 3 rings (SSSR count). The van der Waals surface area contributed by atoms with Crippen LogP contribution >= 0.6 is 7.72 Å². The molecule has 0 radical (unpaired) electrons. The number of amides is 2. The zero-order chi connectivity index (χ0) is 22.8. The van der Waals surface area contributed by atoms with Crippen molar-refractivity contribution >= 4 is 31.2 Å². The molecule has 1 aromatic rings. The number of aliphatic carboxylic acids is 1. The first kappa shape index (κ1) is 22.8. The Morgan fingerprint density at radius 3 is 2.52 bits per heavy atom. The van der Waals surface area contributed by atoms with E-state index in [0.29, 0.717) is 12.0 Å². The Bertz CT molecular complexity index is 931. The van der Waals surface area contributed by atoms with Crippen LogP contribution in [0.5, 0.6) is 0 Å². The molecule has 2 aliphatic heterocycles. The van der Waals surface area contributed by atoms with E-state index in [0.717, 1.165) is 15.8 Å². The molecule has 2 amide bonds. The lowest BCUT2D eigenvalue weighted by Crippen LogP contribution is -2.59. The SMILES string of the molecule is O=C(O)[C@@H]1CCCN2C(=O)CCC(=C[P+](O)(O)CCc3ccc([N+](=O)[O-])cc3)C(=O)N12. The summed E-state index contributed by atoms with van der Waals surface area (Å²) in [5, 5.41) is 22.3. The summed E-state index contributed by atoms with van der Waals surface area (Å²) >= 11 is 0. The Kier molecular flexibility index (Phi) is 6.68. The number of carbonyl (C=O) groups excluding carboxylic acids is 2. The molecule has 166 valence electrons. The van der Waals surface area contributed by atoms with Gasteiger partial charge in [0.1, 0.15) is 12.0 Å². The number of hydrogen-bond acceptors (Lipinski definition) is 7. The largest absolute Gasteiger partial charge is 0.480 e. The summed E-state index contributed by atoms with van der Waals surface area (Å²) in [7, 11) is -3.70. The van der Waals surface area contributed by atoms with Crippen LogP contribution in [-0.2, 0) is 20.8 Å². The standard InChI is InChI=1S/C19H22N3O8P/c23-17-8-5-14(18(24)21-16(19(25)26)2-1-10-20(17)21)12-31(29,30)11-9-13-3-6-15(7-4-13)22(27)28/h3-4,6-7,12,16,29-30H,1-2,5,8-11H2/p+1/t16-/m0/s1. The molecule has 11 nitrogen and oxygen atoms in total. The Labute approximate surface area is 178 Å². The smallest absolute Gasteiger partial charge is 0.328 e. The van der Waals surface area contributed by atoms with Crippen molar-refractivity contribution in [2.45, 2.75) is 38.1 Å².